The SMILES string of the molecule is Cn1c(-c2ccccc2C(F)(F)F)nnc1C(C)(C)Oc1ccc(Cl)cc1C(=O)N1CCS(=O)(=O)CC1. The van der Waals surface area contributed by atoms with Gasteiger partial charge in [-0.2, -0.15) is 13.2 Å². The van der Waals surface area contributed by atoms with E-state index in [1.54, 1.807) is 13.8 Å². The minimum Gasteiger partial charge on any atom is -0.479 e. The number of rotatable bonds is 5. The average molecular weight is 557 g/mol. The van der Waals surface area contributed by atoms with Crippen molar-refractivity contribution in [1.82, 2.24) is 19.7 Å². The number of carbonyl (C=O) groups excluding carboxylic acids is 1. The minimum absolute atomic E-state index is 0.00142. The van der Waals surface area contributed by atoms with Gasteiger partial charge in [-0.1, -0.05) is 29.8 Å². The van der Waals surface area contributed by atoms with Crippen molar-refractivity contribution in [2.45, 2.75) is 25.6 Å². The van der Waals surface area contributed by atoms with Crippen LogP contribution in [-0.2, 0) is 28.7 Å². The second-order valence-corrected chi connectivity index (χ2v) is 11.9. The van der Waals surface area contributed by atoms with Crippen LogP contribution in [0.1, 0.15) is 35.6 Å². The molecule has 1 amide bonds. The fourth-order valence-electron chi connectivity index (χ4n) is 4.18. The summed E-state index contributed by atoms with van der Waals surface area (Å²) >= 11 is 6.14. The van der Waals surface area contributed by atoms with E-state index >= 15 is 0 Å². The zero-order chi connectivity index (χ0) is 27.2. The molecule has 8 nitrogen and oxygen atoms in total. The summed E-state index contributed by atoms with van der Waals surface area (Å²) in [6, 6.07) is 9.55. The van der Waals surface area contributed by atoms with E-state index in [1.165, 1.54) is 52.9 Å². The number of sulfone groups is 1. The average Bonchev–Trinajstić information content (AvgIpc) is 3.21. The normalized spacial score (nSPS) is 16.0. The van der Waals surface area contributed by atoms with Gasteiger partial charge in [0, 0.05) is 30.7 Å². The van der Waals surface area contributed by atoms with Crippen molar-refractivity contribution in [3.8, 4) is 17.1 Å². The van der Waals surface area contributed by atoms with Gasteiger partial charge in [-0.05, 0) is 38.1 Å². The molecule has 0 radical (unpaired) electrons. The standard InChI is InChI=1S/C24H24ClF3N4O4S/c1-23(2,22-30-29-20(31(22)3)16-6-4-5-7-18(16)24(26,27)28)36-19-9-8-15(25)14-17(19)21(33)32-10-12-37(34,35)13-11-32/h4-9,14H,10-13H2,1-3H3. The van der Waals surface area contributed by atoms with E-state index in [4.69, 9.17) is 16.3 Å². The maximum atomic E-state index is 13.6. The topological polar surface area (TPSA) is 94.4 Å². The summed E-state index contributed by atoms with van der Waals surface area (Å²) in [6.07, 6.45) is -4.58. The molecule has 0 bridgehead atoms. The summed E-state index contributed by atoms with van der Waals surface area (Å²) in [6.45, 7) is 3.38. The molecular formula is C24H24ClF3N4O4S. The van der Waals surface area contributed by atoms with Crippen LogP contribution < -0.4 is 4.74 Å². The van der Waals surface area contributed by atoms with Gasteiger partial charge in [-0.15, -0.1) is 10.2 Å². The number of alkyl halides is 3. The lowest BCUT2D eigenvalue weighted by atomic mass is 10.1. The predicted octanol–water partition coefficient (Wildman–Crippen LogP) is 4.34. The first-order valence-electron chi connectivity index (χ1n) is 11.2. The molecule has 1 aromatic heterocycles. The lowest BCUT2D eigenvalue weighted by molar-refractivity contribution is -0.137. The second-order valence-electron chi connectivity index (χ2n) is 9.15. The molecule has 1 aliphatic heterocycles. The second kappa shape index (κ2) is 9.64. The van der Waals surface area contributed by atoms with Crippen molar-refractivity contribution in [2.75, 3.05) is 24.6 Å². The van der Waals surface area contributed by atoms with Gasteiger partial charge >= 0.3 is 6.18 Å². The van der Waals surface area contributed by atoms with Gasteiger partial charge in [0.1, 0.15) is 5.75 Å². The fourth-order valence-corrected chi connectivity index (χ4v) is 5.55. The van der Waals surface area contributed by atoms with E-state index in [0.717, 1.165) is 6.07 Å². The first-order chi connectivity index (χ1) is 17.2. The van der Waals surface area contributed by atoms with Crippen molar-refractivity contribution in [1.29, 1.82) is 0 Å². The number of hydrogen-bond donors (Lipinski definition) is 0. The van der Waals surface area contributed by atoms with Crippen LogP contribution in [-0.4, -0.2) is 58.6 Å². The van der Waals surface area contributed by atoms with Crippen molar-refractivity contribution in [2.24, 2.45) is 7.05 Å². The Balaban J connectivity index is 1.67. The first-order valence-corrected chi connectivity index (χ1v) is 13.4. The molecule has 198 valence electrons. The molecule has 2 aromatic carbocycles. The van der Waals surface area contributed by atoms with Gasteiger partial charge in [0.25, 0.3) is 5.91 Å². The Morgan fingerprint density at radius 2 is 1.70 bits per heavy atom. The maximum absolute atomic E-state index is 13.6. The molecule has 1 fully saturated rings. The number of hydrogen-bond acceptors (Lipinski definition) is 6. The Morgan fingerprint density at radius 3 is 2.35 bits per heavy atom. The Morgan fingerprint density at radius 1 is 1.05 bits per heavy atom. The van der Waals surface area contributed by atoms with E-state index in [1.807, 2.05) is 0 Å². The number of benzene rings is 2. The van der Waals surface area contributed by atoms with Crippen LogP contribution >= 0.6 is 11.6 Å². The lowest BCUT2D eigenvalue weighted by Crippen LogP contribution is -2.44. The maximum Gasteiger partial charge on any atom is 0.417 e. The number of nitrogens with zero attached hydrogens (tertiary/aromatic N) is 4. The summed E-state index contributed by atoms with van der Waals surface area (Å²) in [4.78, 5) is 14.7. The predicted molar refractivity (Wildman–Crippen MR) is 131 cm³/mol. The third-order valence-electron chi connectivity index (χ3n) is 6.06. The van der Waals surface area contributed by atoms with Crippen LogP contribution in [0.25, 0.3) is 11.4 Å². The van der Waals surface area contributed by atoms with Crippen molar-refractivity contribution in [3.05, 3.63) is 64.4 Å². The third-order valence-corrected chi connectivity index (χ3v) is 7.90. The van der Waals surface area contributed by atoms with Gasteiger partial charge in [-0.25, -0.2) is 8.42 Å². The highest BCUT2D eigenvalue weighted by molar-refractivity contribution is 7.91. The molecule has 0 spiro atoms. The van der Waals surface area contributed by atoms with E-state index in [9.17, 15) is 26.4 Å². The molecular weight excluding hydrogens is 533 g/mol. The van der Waals surface area contributed by atoms with Crippen LogP contribution in [0.2, 0.25) is 5.02 Å². The first kappa shape index (κ1) is 26.9. The molecule has 0 atom stereocenters. The lowest BCUT2D eigenvalue weighted by Gasteiger charge is -2.30. The monoisotopic (exact) mass is 556 g/mol. The highest BCUT2D eigenvalue weighted by Gasteiger charge is 2.37. The fraction of sp³-hybridized carbons (Fsp3) is 0.375. The summed E-state index contributed by atoms with van der Waals surface area (Å²) < 4.78 is 71.9. The minimum atomic E-state index is -4.58. The number of ether oxygens (including phenoxy) is 1. The van der Waals surface area contributed by atoms with Crippen molar-refractivity contribution >= 4 is 27.3 Å². The molecule has 0 saturated carbocycles. The largest absolute Gasteiger partial charge is 0.479 e. The number of amides is 1. The summed E-state index contributed by atoms with van der Waals surface area (Å²) in [5.41, 5.74) is -2.08. The van der Waals surface area contributed by atoms with Crippen molar-refractivity contribution in [3.63, 3.8) is 0 Å². The molecule has 3 aromatic rings. The molecule has 0 N–H and O–H groups in total. The Labute approximate surface area is 216 Å². The van der Waals surface area contributed by atoms with Crippen LogP contribution in [0, 0.1) is 0 Å². The van der Waals surface area contributed by atoms with E-state index in [2.05, 4.69) is 10.2 Å². The highest BCUT2D eigenvalue weighted by atomic mass is 35.5. The van der Waals surface area contributed by atoms with E-state index in [-0.39, 0.29) is 58.1 Å². The molecule has 0 unspecified atom stereocenters. The Kier molecular flexibility index (Phi) is 7.02. The third kappa shape index (κ3) is 5.59. The summed E-state index contributed by atoms with van der Waals surface area (Å²) in [5, 5.41) is 8.40. The molecule has 13 heteroatoms. The van der Waals surface area contributed by atoms with Gasteiger partial charge in [-0.3, -0.25) is 4.79 Å². The Bertz CT molecular complexity index is 1440. The van der Waals surface area contributed by atoms with Gasteiger partial charge in [0.2, 0.25) is 0 Å². The molecule has 0 aliphatic carbocycles. The quantitative estimate of drug-likeness (QED) is 0.464. The highest BCUT2D eigenvalue weighted by Crippen LogP contribution is 2.38. The van der Waals surface area contributed by atoms with Crippen LogP contribution in [0.5, 0.6) is 5.75 Å². The number of aromatic nitrogens is 3. The zero-order valence-corrected chi connectivity index (χ0v) is 21.8. The van der Waals surface area contributed by atoms with Gasteiger partial charge in [0.15, 0.2) is 27.1 Å². The molecule has 37 heavy (non-hydrogen) atoms. The number of carbonyl (C=O) groups is 1. The van der Waals surface area contributed by atoms with Crippen LogP contribution in [0.15, 0.2) is 42.5 Å². The molecule has 1 saturated heterocycles. The van der Waals surface area contributed by atoms with E-state index in [0.29, 0.717) is 0 Å². The summed E-state index contributed by atoms with van der Waals surface area (Å²) in [7, 11) is -1.66. The summed E-state index contributed by atoms with van der Waals surface area (Å²) in [5.74, 6) is -0.336. The molecule has 1 aliphatic rings. The van der Waals surface area contributed by atoms with Crippen LogP contribution in [0.3, 0.4) is 0 Å². The van der Waals surface area contributed by atoms with Gasteiger partial charge < -0.3 is 14.2 Å². The van der Waals surface area contributed by atoms with E-state index < -0.39 is 33.1 Å². The zero-order valence-electron chi connectivity index (χ0n) is 20.2. The van der Waals surface area contributed by atoms with Crippen LogP contribution in [0.4, 0.5) is 13.2 Å². The molecule has 2 heterocycles. The van der Waals surface area contributed by atoms with Crippen molar-refractivity contribution < 1.29 is 31.1 Å². The van der Waals surface area contributed by atoms with Gasteiger partial charge in [0.05, 0.1) is 22.6 Å². The Hall–Kier alpha value is -3.12. The molecule has 4 rings (SSSR count). The smallest absolute Gasteiger partial charge is 0.417 e. The number of halogens is 4.